The fourth-order valence-corrected chi connectivity index (χ4v) is 3.25. The zero-order valence-corrected chi connectivity index (χ0v) is 10.9. The van der Waals surface area contributed by atoms with E-state index < -0.39 is 0 Å². The number of hydrogen-bond donors (Lipinski definition) is 1. The molecule has 1 atom stereocenters. The number of thiophene rings is 1. The lowest BCUT2D eigenvalue weighted by atomic mass is 10.0. The van der Waals surface area contributed by atoms with Gasteiger partial charge in [-0.1, -0.05) is 13.3 Å². The van der Waals surface area contributed by atoms with Crippen LogP contribution in [0.25, 0.3) is 0 Å². The van der Waals surface area contributed by atoms with E-state index in [0.717, 1.165) is 12.2 Å². The maximum absolute atomic E-state index is 4.36. The lowest BCUT2D eigenvalue weighted by Crippen LogP contribution is -2.00. The Kier molecular flexibility index (Phi) is 3.59. The van der Waals surface area contributed by atoms with Crippen LogP contribution in [0.2, 0.25) is 0 Å². The molecule has 0 aromatic carbocycles. The van der Waals surface area contributed by atoms with Crippen molar-refractivity contribution in [2.45, 2.75) is 25.7 Å². The Labute approximate surface area is 102 Å². The molecule has 0 aliphatic carbocycles. The summed E-state index contributed by atoms with van der Waals surface area (Å²) in [6.07, 6.45) is 6.02. The third kappa shape index (κ3) is 2.49. The van der Waals surface area contributed by atoms with Crippen LogP contribution in [0.1, 0.15) is 36.4 Å². The quantitative estimate of drug-likeness (QED) is 0.897. The molecule has 2 nitrogen and oxygen atoms in total. The monoisotopic (exact) mass is 284 g/mol. The van der Waals surface area contributed by atoms with E-state index in [1.54, 1.807) is 11.3 Å². The molecule has 2 aromatic heterocycles. The van der Waals surface area contributed by atoms with E-state index in [4.69, 9.17) is 0 Å². The van der Waals surface area contributed by atoms with E-state index in [1.807, 2.05) is 12.4 Å². The fourth-order valence-electron chi connectivity index (χ4n) is 1.69. The van der Waals surface area contributed by atoms with Gasteiger partial charge in [-0.05, 0) is 34.5 Å². The number of aromatic amines is 1. The molecule has 0 amide bonds. The van der Waals surface area contributed by atoms with Crippen molar-refractivity contribution in [3.05, 3.63) is 39.0 Å². The zero-order chi connectivity index (χ0) is 10.7. The van der Waals surface area contributed by atoms with Gasteiger partial charge < -0.3 is 4.98 Å². The number of rotatable bonds is 4. The molecule has 80 valence electrons. The summed E-state index contributed by atoms with van der Waals surface area (Å²) < 4.78 is 1.19. The van der Waals surface area contributed by atoms with Crippen LogP contribution in [0.3, 0.4) is 0 Å². The van der Waals surface area contributed by atoms with Crippen molar-refractivity contribution in [3.63, 3.8) is 0 Å². The largest absolute Gasteiger partial charge is 0.348 e. The van der Waals surface area contributed by atoms with Gasteiger partial charge in [-0.2, -0.15) is 0 Å². The van der Waals surface area contributed by atoms with E-state index >= 15 is 0 Å². The molecular formula is C11H13BrN2S. The smallest absolute Gasteiger partial charge is 0.114 e. The number of nitrogens with zero attached hydrogens (tertiary/aromatic N) is 1. The van der Waals surface area contributed by atoms with Gasteiger partial charge in [-0.3, -0.25) is 0 Å². The predicted octanol–water partition coefficient (Wildman–Crippen LogP) is 4.17. The summed E-state index contributed by atoms with van der Waals surface area (Å²) in [6.45, 7) is 2.21. The van der Waals surface area contributed by atoms with Crippen LogP contribution in [-0.4, -0.2) is 9.97 Å². The van der Waals surface area contributed by atoms with E-state index in [2.05, 4.69) is 45.0 Å². The average Bonchev–Trinajstić information content (AvgIpc) is 2.85. The number of nitrogens with one attached hydrogen (secondary N) is 1. The first kappa shape index (κ1) is 10.9. The van der Waals surface area contributed by atoms with Crippen LogP contribution in [0.4, 0.5) is 0 Å². The third-order valence-corrected chi connectivity index (χ3v) is 4.10. The minimum atomic E-state index is 0.418. The third-order valence-electron chi connectivity index (χ3n) is 2.36. The van der Waals surface area contributed by atoms with Crippen LogP contribution >= 0.6 is 27.3 Å². The molecule has 0 radical (unpaired) electrons. The van der Waals surface area contributed by atoms with Gasteiger partial charge in [0.1, 0.15) is 5.82 Å². The van der Waals surface area contributed by atoms with Crippen LogP contribution in [0.5, 0.6) is 0 Å². The highest BCUT2D eigenvalue weighted by molar-refractivity contribution is 9.11. The normalized spacial score (nSPS) is 12.9. The molecule has 2 rings (SSSR count). The van der Waals surface area contributed by atoms with Gasteiger partial charge in [0.15, 0.2) is 0 Å². The van der Waals surface area contributed by atoms with E-state index in [-0.39, 0.29) is 0 Å². The first-order chi connectivity index (χ1) is 7.31. The average molecular weight is 285 g/mol. The predicted molar refractivity (Wildman–Crippen MR) is 67.4 cm³/mol. The molecule has 0 aliphatic rings. The molecule has 0 saturated heterocycles. The van der Waals surface area contributed by atoms with E-state index in [0.29, 0.717) is 5.92 Å². The molecule has 0 fully saturated rings. The Balaban J connectivity index is 2.27. The number of aromatic nitrogens is 2. The van der Waals surface area contributed by atoms with E-state index in [9.17, 15) is 0 Å². The number of hydrogen-bond acceptors (Lipinski definition) is 2. The summed E-state index contributed by atoms with van der Waals surface area (Å²) in [5.74, 6) is 1.49. The highest BCUT2D eigenvalue weighted by Gasteiger charge is 2.17. The van der Waals surface area contributed by atoms with Gasteiger partial charge in [0.05, 0.1) is 9.70 Å². The summed E-state index contributed by atoms with van der Waals surface area (Å²) in [7, 11) is 0. The minimum absolute atomic E-state index is 0.418. The second-order valence-corrected chi connectivity index (χ2v) is 5.95. The van der Waals surface area contributed by atoms with Crippen LogP contribution in [0.15, 0.2) is 28.3 Å². The van der Waals surface area contributed by atoms with Gasteiger partial charge in [-0.15, -0.1) is 11.3 Å². The number of imidazole rings is 1. The van der Waals surface area contributed by atoms with Crippen molar-refractivity contribution in [1.29, 1.82) is 0 Å². The lowest BCUT2D eigenvalue weighted by molar-refractivity contribution is 0.676. The Morgan fingerprint density at radius 2 is 2.40 bits per heavy atom. The van der Waals surface area contributed by atoms with Crippen molar-refractivity contribution in [1.82, 2.24) is 9.97 Å². The van der Waals surface area contributed by atoms with Gasteiger partial charge in [0.2, 0.25) is 0 Å². The first-order valence-corrected chi connectivity index (χ1v) is 6.66. The lowest BCUT2D eigenvalue weighted by Gasteiger charge is -2.11. The molecular weight excluding hydrogens is 272 g/mol. The molecule has 0 bridgehead atoms. The highest BCUT2D eigenvalue weighted by atomic mass is 79.9. The van der Waals surface area contributed by atoms with Gasteiger partial charge in [-0.25, -0.2) is 4.98 Å². The Morgan fingerprint density at radius 3 is 2.93 bits per heavy atom. The molecule has 0 spiro atoms. The molecule has 4 heteroatoms. The van der Waals surface area contributed by atoms with Crippen molar-refractivity contribution >= 4 is 27.3 Å². The first-order valence-electron chi connectivity index (χ1n) is 5.05. The summed E-state index contributed by atoms with van der Waals surface area (Å²) in [5.41, 5.74) is 0. The van der Waals surface area contributed by atoms with Crippen molar-refractivity contribution in [2.75, 3.05) is 0 Å². The highest BCUT2D eigenvalue weighted by Crippen LogP contribution is 2.34. The summed E-state index contributed by atoms with van der Waals surface area (Å²) in [4.78, 5) is 8.94. The topological polar surface area (TPSA) is 28.7 Å². The van der Waals surface area contributed by atoms with Gasteiger partial charge in [0, 0.05) is 17.3 Å². The van der Waals surface area contributed by atoms with E-state index in [1.165, 1.54) is 15.1 Å². The molecule has 1 N–H and O–H groups in total. The van der Waals surface area contributed by atoms with Gasteiger partial charge in [0.25, 0.3) is 0 Å². The molecule has 15 heavy (non-hydrogen) atoms. The molecule has 2 aromatic rings. The Hall–Kier alpha value is -0.610. The van der Waals surface area contributed by atoms with Crippen molar-refractivity contribution in [3.8, 4) is 0 Å². The van der Waals surface area contributed by atoms with Gasteiger partial charge >= 0.3 is 0 Å². The minimum Gasteiger partial charge on any atom is -0.348 e. The standard InChI is InChI=1S/C11H13BrN2S/c1-2-3-8(11-13-6-7-14-11)9-4-5-10(12)15-9/h4-8H,2-3H2,1H3,(H,13,14). The van der Waals surface area contributed by atoms with Crippen molar-refractivity contribution < 1.29 is 0 Å². The molecule has 0 saturated carbocycles. The Bertz CT molecular complexity index is 408. The second kappa shape index (κ2) is 4.94. The SMILES string of the molecule is CCCC(c1ncc[nH]1)c1ccc(Br)s1. The summed E-state index contributed by atoms with van der Waals surface area (Å²) in [5, 5.41) is 0. The van der Waals surface area contributed by atoms with Crippen LogP contribution < -0.4 is 0 Å². The molecule has 1 unspecified atom stereocenters. The summed E-state index contributed by atoms with van der Waals surface area (Å²) in [6, 6.07) is 4.28. The maximum Gasteiger partial charge on any atom is 0.114 e. The zero-order valence-electron chi connectivity index (χ0n) is 8.53. The maximum atomic E-state index is 4.36. The van der Waals surface area contributed by atoms with Crippen LogP contribution in [-0.2, 0) is 0 Å². The number of H-pyrrole nitrogens is 1. The molecule has 2 heterocycles. The Morgan fingerprint density at radius 1 is 1.53 bits per heavy atom. The number of halogens is 1. The summed E-state index contributed by atoms with van der Waals surface area (Å²) >= 11 is 5.29. The van der Waals surface area contributed by atoms with Crippen molar-refractivity contribution in [2.24, 2.45) is 0 Å². The fraction of sp³-hybridized carbons (Fsp3) is 0.364. The van der Waals surface area contributed by atoms with Crippen LogP contribution in [0, 0.1) is 0 Å². The second-order valence-electron chi connectivity index (χ2n) is 3.46. The molecule has 0 aliphatic heterocycles.